The van der Waals surface area contributed by atoms with Gasteiger partial charge in [0.2, 0.25) is 5.91 Å². The van der Waals surface area contributed by atoms with Crippen LogP contribution in [0.1, 0.15) is 32.3 Å². The molecule has 1 aliphatic heterocycles. The van der Waals surface area contributed by atoms with E-state index in [4.69, 9.17) is 13.8 Å². The number of ether oxygens (including phenoxy) is 1. The highest BCUT2D eigenvalue weighted by Gasteiger charge is 2.38. The van der Waals surface area contributed by atoms with Gasteiger partial charge in [0, 0.05) is 6.54 Å². The lowest BCUT2D eigenvalue weighted by molar-refractivity contribution is -0.138. The molecule has 0 spiro atoms. The summed E-state index contributed by atoms with van der Waals surface area (Å²) in [4.78, 5) is 38.2. The molecule has 1 fully saturated rings. The number of nitrogens with zero attached hydrogens (tertiary/aromatic N) is 1. The molecule has 33 heavy (non-hydrogen) atoms. The van der Waals surface area contributed by atoms with Crippen molar-refractivity contribution in [2.45, 2.75) is 45.4 Å². The van der Waals surface area contributed by atoms with E-state index in [1.807, 2.05) is 18.2 Å². The van der Waals surface area contributed by atoms with Crippen LogP contribution in [-0.4, -0.2) is 72.6 Å². The van der Waals surface area contributed by atoms with E-state index in [0.29, 0.717) is 19.4 Å². The highest BCUT2D eigenvalue weighted by molar-refractivity contribution is 7.53. The van der Waals surface area contributed by atoms with Crippen molar-refractivity contribution in [3.05, 3.63) is 35.9 Å². The highest BCUT2D eigenvalue weighted by Crippen LogP contribution is 2.46. The SMILES string of the molecule is CCOP(=O)(CNC(=O)C(O)[C@@H]1CCCN1C(=O)CNC(=O)OCc1ccccc1)OCC. The lowest BCUT2D eigenvalue weighted by Gasteiger charge is -2.28. The predicted octanol–water partition coefficient (Wildman–Crippen LogP) is 1.60. The molecule has 0 bridgehead atoms. The Bertz CT molecular complexity index is 828. The molecule has 3 amide bonds. The second-order valence-corrected chi connectivity index (χ2v) is 9.36. The third-order valence-corrected chi connectivity index (χ3v) is 6.80. The molecule has 11 nitrogen and oxygen atoms in total. The normalized spacial score (nSPS) is 16.8. The first kappa shape index (κ1) is 26.8. The Morgan fingerprint density at radius 1 is 1.15 bits per heavy atom. The predicted molar refractivity (Wildman–Crippen MR) is 119 cm³/mol. The average molecular weight is 485 g/mol. The molecule has 3 N–H and O–H groups in total. The van der Waals surface area contributed by atoms with Crippen LogP contribution in [0.2, 0.25) is 0 Å². The van der Waals surface area contributed by atoms with Crippen molar-refractivity contribution in [3.8, 4) is 0 Å². The minimum absolute atomic E-state index is 0.0689. The molecule has 1 saturated heterocycles. The van der Waals surface area contributed by atoms with E-state index in [1.54, 1.807) is 26.0 Å². The number of aliphatic hydroxyl groups is 1. The van der Waals surface area contributed by atoms with Gasteiger partial charge in [-0.3, -0.25) is 14.2 Å². The standard InChI is InChI=1S/C21H32N3O8P/c1-3-31-33(29,32-4-2)15-23-20(27)19(26)17-11-8-12-24(17)18(25)13-22-21(28)30-14-16-9-6-5-7-10-16/h5-7,9-10,17,19,26H,3-4,8,11-15H2,1-2H3,(H,22,28)(H,23,27)/t17-,19?/m0/s1. The van der Waals surface area contributed by atoms with Gasteiger partial charge in [0.05, 0.1) is 19.3 Å². The summed E-state index contributed by atoms with van der Waals surface area (Å²) in [6, 6.07) is 8.34. The fourth-order valence-corrected chi connectivity index (χ4v) is 4.82. The molecule has 184 valence electrons. The molecule has 0 saturated carbocycles. The monoisotopic (exact) mass is 485 g/mol. The summed E-state index contributed by atoms with van der Waals surface area (Å²) in [5.74, 6) is -1.23. The Balaban J connectivity index is 1.82. The maximum absolute atomic E-state index is 12.6. The number of nitrogens with one attached hydrogen (secondary N) is 2. The fraction of sp³-hybridized carbons (Fsp3) is 0.571. The fourth-order valence-electron chi connectivity index (χ4n) is 3.43. The average Bonchev–Trinajstić information content (AvgIpc) is 3.30. The number of benzene rings is 1. The smallest absolute Gasteiger partial charge is 0.407 e. The van der Waals surface area contributed by atoms with Crippen LogP contribution in [0.4, 0.5) is 4.79 Å². The topological polar surface area (TPSA) is 143 Å². The summed E-state index contributed by atoms with van der Waals surface area (Å²) < 4.78 is 27.8. The van der Waals surface area contributed by atoms with Gasteiger partial charge in [-0.1, -0.05) is 30.3 Å². The Hall–Kier alpha value is -2.46. The summed E-state index contributed by atoms with van der Waals surface area (Å²) in [5, 5.41) is 15.3. The van der Waals surface area contributed by atoms with Crippen molar-refractivity contribution < 1.29 is 37.8 Å². The molecule has 12 heteroatoms. The Morgan fingerprint density at radius 3 is 2.45 bits per heavy atom. The van der Waals surface area contributed by atoms with Gasteiger partial charge in [-0.25, -0.2) is 4.79 Å². The number of carbonyl (C=O) groups is 3. The summed E-state index contributed by atoms with van der Waals surface area (Å²) in [6.07, 6.45) is -1.66. The van der Waals surface area contributed by atoms with Crippen molar-refractivity contribution >= 4 is 25.5 Å². The molecular weight excluding hydrogens is 453 g/mol. The number of hydrogen-bond donors (Lipinski definition) is 3. The van der Waals surface area contributed by atoms with Crippen LogP contribution >= 0.6 is 7.60 Å². The first-order valence-electron chi connectivity index (χ1n) is 10.9. The van der Waals surface area contributed by atoms with Crippen LogP contribution in [0.15, 0.2) is 30.3 Å². The summed E-state index contributed by atoms with van der Waals surface area (Å²) in [7, 11) is -3.51. The third-order valence-electron chi connectivity index (χ3n) is 4.95. The first-order valence-corrected chi connectivity index (χ1v) is 12.6. The zero-order valence-electron chi connectivity index (χ0n) is 18.9. The second-order valence-electron chi connectivity index (χ2n) is 7.30. The van der Waals surface area contributed by atoms with Crippen molar-refractivity contribution in [3.63, 3.8) is 0 Å². The van der Waals surface area contributed by atoms with Crippen molar-refractivity contribution in [2.75, 3.05) is 32.6 Å². The van der Waals surface area contributed by atoms with Gasteiger partial charge in [0.15, 0.2) is 6.10 Å². The lowest BCUT2D eigenvalue weighted by atomic mass is 10.1. The number of amides is 3. The van der Waals surface area contributed by atoms with Gasteiger partial charge in [0.1, 0.15) is 19.4 Å². The van der Waals surface area contributed by atoms with Crippen molar-refractivity contribution in [1.29, 1.82) is 0 Å². The van der Waals surface area contributed by atoms with E-state index in [-0.39, 0.29) is 32.7 Å². The molecule has 1 heterocycles. The number of rotatable bonds is 12. The Kier molecular flexibility index (Phi) is 10.8. The molecule has 1 aromatic carbocycles. The minimum atomic E-state index is -3.51. The summed E-state index contributed by atoms with van der Waals surface area (Å²) >= 11 is 0. The van der Waals surface area contributed by atoms with Crippen LogP contribution in [0.3, 0.4) is 0 Å². The third kappa shape index (κ3) is 8.43. The Morgan fingerprint density at radius 2 is 1.82 bits per heavy atom. The second kappa shape index (κ2) is 13.3. The van der Waals surface area contributed by atoms with Gasteiger partial charge in [-0.05, 0) is 32.3 Å². The number of hydrogen-bond acceptors (Lipinski definition) is 8. The van der Waals surface area contributed by atoms with E-state index in [2.05, 4.69) is 10.6 Å². The van der Waals surface area contributed by atoms with E-state index in [9.17, 15) is 24.1 Å². The zero-order chi connectivity index (χ0) is 24.3. The van der Waals surface area contributed by atoms with Crippen molar-refractivity contribution in [2.24, 2.45) is 0 Å². The largest absolute Gasteiger partial charge is 0.445 e. The van der Waals surface area contributed by atoms with Gasteiger partial charge in [-0.15, -0.1) is 0 Å². The molecule has 2 rings (SSSR count). The molecule has 1 aliphatic rings. The first-order chi connectivity index (χ1) is 15.8. The van der Waals surface area contributed by atoms with Gasteiger partial charge in [0.25, 0.3) is 5.91 Å². The zero-order valence-corrected chi connectivity index (χ0v) is 19.8. The minimum Gasteiger partial charge on any atom is -0.445 e. The number of carbonyl (C=O) groups excluding carboxylic acids is 3. The van der Waals surface area contributed by atoms with Crippen LogP contribution in [0, 0.1) is 0 Å². The number of aliphatic hydroxyl groups excluding tert-OH is 1. The van der Waals surface area contributed by atoms with Crippen LogP contribution < -0.4 is 10.6 Å². The molecule has 2 atom stereocenters. The maximum atomic E-state index is 12.6. The maximum Gasteiger partial charge on any atom is 0.407 e. The summed E-state index contributed by atoms with van der Waals surface area (Å²) in [5.41, 5.74) is 0.811. The lowest BCUT2D eigenvalue weighted by Crippen LogP contribution is -2.51. The molecule has 0 radical (unpaired) electrons. The molecule has 1 aromatic rings. The van der Waals surface area contributed by atoms with Crippen LogP contribution in [0.5, 0.6) is 0 Å². The van der Waals surface area contributed by atoms with Gasteiger partial charge >= 0.3 is 13.7 Å². The van der Waals surface area contributed by atoms with E-state index < -0.39 is 37.6 Å². The Labute approximate surface area is 193 Å². The van der Waals surface area contributed by atoms with Crippen LogP contribution in [0.25, 0.3) is 0 Å². The highest BCUT2D eigenvalue weighted by atomic mass is 31.2. The molecule has 1 unspecified atom stereocenters. The number of likely N-dealkylation sites (tertiary alicyclic amines) is 1. The molecular formula is C21H32N3O8P. The quantitative estimate of drug-likeness (QED) is 0.379. The van der Waals surface area contributed by atoms with Gasteiger partial charge in [-0.2, -0.15) is 0 Å². The number of alkyl carbamates (subject to hydrolysis) is 1. The summed E-state index contributed by atoms with van der Waals surface area (Å²) in [6.45, 7) is 3.65. The van der Waals surface area contributed by atoms with Crippen LogP contribution in [-0.2, 0) is 34.5 Å². The van der Waals surface area contributed by atoms with Gasteiger partial charge < -0.3 is 34.4 Å². The molecule has 0 aromatic heterocycles. The van der Waals surface area contributed by atoms with E-state index >= 15 is 0 Å². The van der Waals surface area contributed by atoms with E-state index in [0.717, 1.165) is 5.56 Å². The van der Waals surface area contributed by atoms with Crippen molar-refractivity contribution in [1.82, 2.24) is 15.5 Å². The molecule has 0 aliphatic carbocycles. The van der Waals surface area contributed by atoms with E-state index in [1.165, 1.54) is 4.90 Å².